The van der Waals surface area contributed by atoms with Crippen molar-refractivity contribution in [3.63, 3.8) is 0 Å². The Morgan fingerprint density at radius 1 is 1.19 bits per heavy atom. The van der Waals surface area contributed by atoms with Gasteiger partial charge < -0.3 is 10.5 Å². The molecule has 0 aliphatic carbocycles. The highest BCUT2D eigenvalue weighted by molar-refractivity contribution is 6.10. The molecule has 4 aromatic rings. The Bertz CT molecular complexity index is 1420. The van der Waals surface area contributed by atoms with Crippen molar-refractivity contribution in [2.75, 3.05) is 26.0 Å². The van der Waals surface area contributed by atoms with Crippen LogP contribution in [-0.2, 0) is 29.3 Å². The van der Waals surface area contributed by atoms with Gasteiger partial charge in [-0.15, -0.1) is 0 Å². The summed E-state index contributed by atoms with van der Waals surface area (Å²) in [4.78, 5) is 33.7. The fourth-order valence-corrected chi connectivity index (χ4v) is 3.79. The lowest BCUT2D eigenvalue weighted by atomic mass is 10.1. The summed E-state index contributed by atoms with van der Waals surface area (Å²) < 4.78 is 45.4. The Morgan fingerprint density at radius 2 is 1.97 bits per heavy atom. The molecule has 188 valence electrons. The molecule has 0 radical (unpaired) electrons. The van der Waals surface area contributed by atoms with Gasteiger partial charge in [-0.25, -0.2) is 9.99 Å². The van der Waals surface area contributed by atoms with Crippen LogP contribution < -0.4 is 5.73 Å². The molecule has 0 spiro atoms. The summed E-state index contributed by atoms with van der Waals surface area (Å²) in [7, 11) is 3.16. The van der Waals surface area contributed by atoms with E-state index >= 15 is 0 Å². The first-order chi connectivity index (χ1) is 17.1. The Hall–Kier alpha value is -4.26. The highest BCUT2D eigenvalue weighted by Gasteiger charge is 2.31. The second-order valence-corrected chi connectivity index (χ2v) is 7.92. The molecule has 3 aromatic heterocycles. The van der Waals surface area contributed by atoms with E-state index in [1.807, 2.05) is 0 Å². The van der Waals surface area contributed by atoms with E-state index in [0.717, 1.165) is 22.2 Å². The number of hydrazine groups is 1. The highest BCUT2D eigenvalue weighted by atomic mass is 19.4. The molecule has 0 aliphatic rings. The van der Waals surface area contributed by atoms with Gasteiger partial charge in [0, 0.05) is 36.7 Å². The van der Waals surface area contributed by atoms with Crippen LogP contribution >= 0.6 is 0 Å². The SMILES string of the molecule is COCCN(C=O)N(Cc1ccc(C(F)(F)F)cn1)C(=O)c1ccc2nc(N)c3c(cnn3C)c2c1. The molecule has 1 aromatic carbocycles. The van der Waals surface area contributed by atoms with E-state index in [9.17, 15) is 22.8 Å². The first kappa shape index (κ1) is 24.9. The zero-order valence-electron chi connectivity index (χ0n) is 19.4. The number of fused-ring (bicyclic) bond motifs is 3. The molecule has 0 bridgehead atoms. The monoisotopic (exact) mass is 501 g/mol. The van der Waals surface area contributed by atoms with Crippen LogP contribution in [0.2, 0.25) is 0 Å². The van der Waals surface area contributed by atoms with Crippen molar-refractivity contribution in [1.82, 2.24) is 29.8 Å². The lowest BCUT2D eigenvalue weighted by molar-refractivity contribution is -0.137. The third kappa shape index (κ3) is 4.77. The summed E-state index contributed by atoms with van der Waals surface area (Å²) in [5.41, 5.74) is 6.67. The summed E-state index contributed by atoms with van der Waals surface area (Å²) >= 11 is 0. The standard InChI is InChI=1S/C23H22F3N7O3/c1-31-20-18(11-29-31)17-9-14(3-6-19(17)30-21(20)27)22(35)33(32(13-34)7-8-36-2)12-16-5-4-15(10-28-16)23(24,25)26/h3-6,9-11,13H,7-8,12H2,1-2H3,(H2,27,30). The van der Waals surface area contributed by atoms with Gasteiger partial charge in [-0.3, -0.25) is 24.3 Å². The van der Waals surface area contributed by atoms with Crippen molar-refractivity contribution in [3.05, 3.63) is 59.5 Å². The summed E-state index contributed by atoms with van der Waals surface area (Å²) in [6.07, 6.45) is -1.80. The van der Waals surface area contributed by atoms with Gasteiger partial charge in [-0.1, -0.05) is 0 Å². The molecule has 13 heteroatoms. The van der Waals surface area contributed by atoms with E-state index in [0.29, 0.717) is 40.2 Å². The predicted octanol–water partition coefficient (Wildman–Crippen LogP) is 2.78. The number of pyridine rings is 2. The van der Waals surface area contributed by atoms with Crippen molar-refractivity contribution in [3.8, 4) is 0 Å². The zero-order valence-corrected chi connectivity index (χ0v) is 19.4. The highest BCUT2D eigenvalue weighted by Crippen LogP contribution is 2.30. The number of carbonyl (C=O) groups is 2. The van der Waals surface area contributed by atoms with Crippen LogP contribution in [0.25, 0.3) is 21.8 Å². The number of amides is 2. The first-order valence-electron chi connectivity index (χ1n) is 10.7. The number of halogens is 3. The Labute approximate surface area is 203 Å². The molecule has 3 heterocycles. The molecule has 0 atom stereocenters. The van der Waals surface area contributed by atoms with Gasteiger partial charge >= 0.3 is 6.18 Å². The number of carbonyl (C=O) groups excluding carboxylic acids is 2. The number of nitrogens with two attached hydrogens (primary N) is 1. The molecular formula is C23H22F3N7O3. The maximum absolute atomic E-state index is 13.6. The Kier molecular flexibility index (Phi) is 6.75. The molecule has 2 amide bonds. The number of hydrogen-bond acceptors (Lipinski definition) is 7. The lowest BCUT2D eigenvalue weighted by Gasteiger charge is -2.31. The number of ether oxygens (including phenoxy) is 1. The lowest BCUT2D eigenvalue weighted by Crippen LogP contribution is -2.46. The van der Waals surface area contributed by atoms with Gasteiger partial charge in [-0.2, -0.15) is 18.3 Å². The molecule has 2 N–H and O–H groups in total. The molecule has 0 aliphatic heterocycles. The fraction of sp³-hybridized carbons (Fsp3) is 0.261. The largest absolute Gasteiger partial charge is 0.417 e. The maximum Gasteiger partial charge on any atom is 0.417 e. The third-order valence-corrected chi connectivity index (χ3v) is 5.61. The average molecular weight is 501 g/mol. The molecule has 36 heavy (non-hydrogen) atoms. The van der Waals surface area contributed by atoms with Gasteiger partial charge in [0.25, 0.3) is 5.91 Å². The summed E-state index contributed by atoms with van der Waals surface area (Å²) in [5, 5.41) is 7.73. The van der Waals surface area contributed by atoms with Crippen LogP contribution in [0.15, 0.2) is 42.7 Å². The average Bonchev–Trinajstić information content (AvgIpc) is 3.25. The van der Waals surface area contributed by atoms with E-state index in [-0.39, 0.29) is 31.0 Å². The summed E-state index contributed by atoms with van der Waals surface area (Å²) in [6, 6.07) is 6.80. The van der Waals surface area contributed by atoms with Crippen LogP contribution in [0.3, 0.4) is 0 Å². The quantitative estimate of drug-likeness (QED) is 0.291. The van der Waals surface area contributed by atoms with Crippen LogP contribution in [-0.4, -0.2) is 62.3 Å². The summed E-state index contributed by atoms with van der Waals surface area (Å²) in [6.45, 7) is -0.0924. The van der Waals surface area contributed by atoms with Crippen LogP contribution in [0, 0.1) is 0 Å². The Balaban J connectivity index is 1.74. The van der Waals surface area contributed by atoms with E-state index in [2.05, 4.69) is 15.1 Å². The van der Waals surface area contributed by atoms with Gasteiger partial charge in [0.1, 0.15) is 11.3 Å². The van der Waals surface area contributed by atoms with Gasteiger partial charge in [0.05, 0.1) is 42.7 Å². The minimum atomic E-state index is -4.55. The molecule has 10 nitrogen and oxygen atoms in total. The van der Waals surface area contributed by atoms with Crippen molar-refractivity contribution in [1.29, 1.82) is 0 Å². The molecule has 4 rings (SSSR count). The molecule has 0 unspecified atom stereocenters. The molecule has 0 saturated carbocycles. The number of aryl methyl sites for hydroxylation is 1. The second-order valence-electron chi connectivity index (χ2n) is 7.92. The van der Waals surface area contributed by atoms with E-state index in [4.69, 9.17) is 10.5 Å². The fourth-order valence-electron chi connectivity index (χ4n) is 3.79. The number of methoxy groups -OCH3 is 1. The Morgan fingerprint density at radius 3 is 2.61 bits per heavy atom. The van der Waals surface area contributed by atoms with Crippen molar-refractivity contribution < 1.29 is 27.5 Å². The second kappa shape index (κ2) is 9.77. The van der Waals surface area contributed by atoms with Crippen LogP contribution in [0.4, 0.5) is 19.0 Å². The summed E-state index contributed by atoms with van der Waals surface area (Å²) in [5.74, 6) is -0.283. The number of aromatic nitrogens is 4. The van der Waals surface area contributed by atoms with Crippen molar-refractivity contribution >= 4 is 39.9 Å². The number of anilines is 1. The normalized spacial score (nSPS) is 11.7. The predicted molar refractivity (Wildman–Crippen MR) is 124 cm³/mol. The van der Waals surface area contributed by atoms with Gasteiger partial charge in [0.2, 0.25) is 6.41 Å². The molecule has 0 saturated heterocycles. The smallest absolute Gasteiger partial charge is 0.383 e. The van der Waals surface area contributed by atoms with Gasteiger partial charge in [-0.05, 0) is 30.3 Å². The van der Waals surface area contributed by atoms with E-state index < -0.39 is 17.6 Å². The van der Waals surface area contributed by atoms with Gasteiger partial charge in [0.15, 0.2) is 0 Å². The number of benzene rings is 1. The topological polar surface area (TPSA) is 119 Å². The zero-order chi connectivity index (χ0) is 26.0. The minimum Gasteiger partial charge on any atom is -0.383 e. The van der Waals surface area contributed by atoms with E-state index in [1.165, 1.54) is 13.2 Å². The maximum atomic E-state index is 13.6. The minimum absolute atomic E-state index is 0.0326. The number of rotatable bonds is 8. The van der Waals surface area contributed by atoms with Crippen LogP contribution in [0.1, 0.15) is 21.6 Å². The number of nitrogens with zero attached hydrogens (tertiary/aromatic N) is 6. The third-order valence-electron chi connectivity index (χ3n) is 5.61. The number of alkyl halides is 3. The number of hydrogen-bond donors (Lipinski definition) is 1. The first-order valence-corrected chi connectivity index (χ1v) is 10.7. The molecule has 0 fully saturated rings. The van der Waals surface area contributed by atoms with Crippen molar-refractivity contribution in [2.24, 2.45) is 7.05 Å². The molecular weight excluding hydrogens is 479 g/mol. The van der Waals surface area contributed by atoms with E-state index in [1.54, 1.807) is 30.1 Å². The van der Waals surface area contributed by atoms with Crippen molar-refractivity contribution in [2.45, 2.75) is 12.7 Å². The number of nitrogen functional groups attached to an aromatic ring is 1. The van der Waals surface area contributed by atoms with Crippen LogP contribution in [0.5, 0.6) is 0 Å².